The second kappa shape index (κ2) is 6.74. The van der Waals surface area contributed by atoms with Gasteiger partial charge in [-0.05, 0) is 48.4 Å². The standard InChI is InChI=1S/C13H16ClIN2O2/c1-2-19-13(18)9-4-7-17(8-5-9)12-11(14)10(15)3-6-16-12/h3,6,9H,2,4-5,7-8H2,1H3. The van der Waals surface area contributed by atoms with Crippen molar-refractivity contribution in [1.29, 1.82) is 0 Å². The molecule has 0 atom stereocenters. The van der Waals surface area contributed by atoms with E-state index in [1.807, 2.05) is 13.0 Å². The third-order valence-corrected chi connectivity index (χ3v) is 4.83. The fraction of sp³-hybridized carbons (Fsp3) is 0.538. The first kappa shape index (κ1) is 14.8. The topological polar surface area (TPSA) is 42.4 Å². The summed E-state index contributed by atoms with van der Waals surface area (Å²) in [5.74, 6) is 0.748. The van der Waals surface area contributed by atoms with Crippen LogP contribution in [0.15, 0.2) is 12.3 Å². The Hall–Kier alpha value is -0.560. The van der Waals surface area contributed by atoms with E-state index in [-0.39, 0.29) is 11.9 Å². The predicted molar refractivity (Wildman–Crippen MR) is 83.5 cm³/mol. The van der Waals surface area contributed by atoms with Crippen molar-refractivity contribution >= 4 is 46.0 Å². The van der Waals surface area contributed by atoms with Gasteiger partial charge in [0.15, 0.2) is 0 Å². The maximum absolute atomic E-state index is 11.7. The molecule has 1 saturated heterocycles. The van der Waals surface area contributed by atoms with Crippen LogP contribution in [-0.2, 0) is 9.53 Å². The number of esters is 1. The molecule has 1 aliphatic rings. The van der Waals surface area contributed by atoms with Crippen LogP contribution in [-0.4, -0.2) is 30.6 Å². The first-order valence-corrected chi connectivity index (χ1v) is 7.80. The summed E-state index contributed by atoms with van der Waals surface area (Å²) in [6.07, 6.45) is 3.35. The molecule has 1 fully saturated rings. The summed E-state index contributed by atoms with van der Waals surface area (Å²) in [6.45, 7) is 3.86. The predicted octanol–water partition coefficient (Wildman–Crippen LogP) is 3.12. The number of piperidine rings is 1. The minimum absolute atomic E-state index is 0.0118. The third kappa shape index (κ3) is 3.51. The molecule has 0 bridgehead atoms. The third-order valence-electron chi connectivity index (χ3n) is 3.24. The fourth-order valence-corrected chi connectivity index (χ4v) is 2.85. The second-order valence-corrected chi connectivity index (χ2v) is 5.98. The number of pyridine rings is 1. The highest BCUT2D eigenvalue weighted by molar-refractivity contribution is 14.1. The van der Waals surface area contributed by atoms with Gasteiger partial charge in [0.05, 0.1) is 17.5 Å². The molecule has 0 aromatic carbocycles. The number of carbonyl (C=O) groups excluding carboxylic acids is 1. The maximum Gasteiger partial charge on any atom is 0.309 e. The first-order valence-electron chi connectivity index (χ1n) is 6.35. The molecule has 1 aromatic heterocycles. The zero-order valence-electron chi connectivity index (χ0n) is 10.7. The van der Waals surface area contributed by atoms with Crippen LogP contribution >= 0.6 is 34.2 Å². The summed E-state index contributed by atoms with van der Waals surface area (Å²) in [6, 6.07) is 1.89. The summed E-state index contributed by atoms with van der Waals surface area (Å²) in [5.41, 5.74) is 0. The van der Waals surface area contributed by atoms with Gasteiger partial charge >= 0.3 is 5.97 Å². The molecule has 0 aliphatic carbocycles. The fourth-order valence-electron chi connectivity index (χ4n) is 2.22. The smallest absolute Gasteiger partial charge is 0.309 e. The van der Waals surface area contributed by atoms with Crippen molar-refractivity contribution in [3.8, 4) is 0 Å². The molecule has 2 heterocycles. The van der Waals surface area contributed by atoms with Gasteiger partial charge in [0.2, 0.25) is 0 Å². The van der Waals surface area contributed by atoms with Crippen molar-refractivity contribution in [2.24, 2.45) is 5.92 Å². The second-order valence-electron chi connectivity index (χ2n) is 4.44. The van der Waals surface area contributed by atoms with Crippen LogP contribution < -0.4 is 4.90 Å². The van der Waals surface area contributed by atoms with Gasteiger partial charge in [-0.15, -0.1) is 0 Å². The summed E-state index contributed by atoms with van der Waals surface area (Å²) >= 11 is 8.47. The number of anilines is 1. The van der Waals surface area contributed by atoms with Crippen LogP contribution in [0.5, 0.6) is 0 Å². The normalized spacial score (nSPS) is 16.5. The Morgan fingerprint density at radius 1 is 1.58 bits per heavy atom. The Morgan fingerprint density at radius 3 is 2.89 bits per heavy atom. The molecule has 0 saturated carbocycles. The SMILES string of the molecule is CCOC(=O)C1CCN(c2nccc(I)c2Cl)CC1. The lowest BCUT2D eigenvalue weighted by molar-refractivity contribution is -0.148. The van der Waals surface area contributed by atoms with Crippen molar-refractivity contribution in [2.45, 2.75) is 19.8 Å². The largest absolute Gasteiger partial charge is 0.466 e. The van der Waals surface area contributed by atoms with Crippen LogP contribution in [0, 0.1) is 9.49 Å². The Kier molecular flexibility index (Phi) is 5.27. The summed E-state index contributed by atoms with van der Waals surface area (Å²) in [5, 5.41) is 0.692. The Labute approximate surface area is 131 Å². The lowest BCUT2D eigenvalue weighted by atomic mass is 9.97. The maximum atomic E-state index is 11.7. The van der Waals surface area contributed by atoms with Crippen LogP contribution in [0.3, 0.4) is 0 Å². The highest BCUT2D eigenvalue weighted by atomic mass is 127. The van der Waals surface area contributed by atoms with Gasteiger partial charge < -0.3 is 9.64 Å². The highest BCUT2D eigenvalue weighted by Crippen LogP contribution is 2.31. The lowest BCUT2D eigenvalue weighted by Gasteiger charge is -2.32. The van der Waals surface area contributed by atoms with E-state index >= 15 is 0 Å². The molecule has 2 rings (SSSR count). The van der Waals surface area contributed by atoms with Crippen molar-refractivity contribution in [3.05, 3.63) is 20.9 Å². The van der Waals surface area contributed by atoms with Gasteiger partial charge in [-0.1, -0.05) is 11.6 Å². The van der Waals surface area contributed by atoms with E-state index in [1.54, 1.807) is 6.20 Å². The minimum atomic E-state index is -0.0798. The van der Waals surface area contributed by atoms with Gasteiger partial charge in [-0.25, -0.2) is 4.98 Å². The van der Waals surface area contributed by atoms with Gasteiger partial charge in [0.1, 0.15) is 5.82 Å². The molecular weight excluding hydrogens is 379 g/mol. The molecule has 104 valence electrons. The molecule has 19 heavy (non-hydrogen) atoms. The molecule has 1 aliphatic heterocycles. The molecule has 4 nitrogen and oxygen atoms in total. The zero-order valence-corrected chi connectivity index (χ0v) is 13.6. The van der Waals surface area contributed by atoms with Gasteiger partial charge in [-0.3, -0.25) is 4.79 Å². The number of rotatable bonds is 3. The van der Waals surface area contributed by atoms with Crippen LogP contribution in [0.25, 0.3) is 0 Å². The lowest BCUT2D eigenvalue weighted by Crippen LogP contribution is -2.37. The summed E-state index contributed by atoms with van der Waals surface area (Å²) < 4.78 is 6.06. The number of hydrogen-bond acceptors (Lipinski definition) is 4. The van der Waals surface area contributed by atoms with Crippen molar-refractivity contribution in [1.82, 2.24) is 4.98 Å². The van der Waals surface area contributed by atoms with Gasteiger partial charge in [-0.2, -0.15) is 0 Å². The highest BCUT2D eigenvalue weighted by Gasteiger charge is 2.27. The van der Waals surface area contributed by atoms with E-state index in [2.05, 4.69) is 32.5 Å². The zero-order chi connectivity index (χ0) is 13.8. The Bertz CT molecular complexity index is 462. The Balaban J connectivity index is 2.00. The number of nitrogens with zero attached hydrogens (tertiary/aromatic N) is 2. The molecule has 0 N–H and O–H groups in total. The average molecular weight is 395 g/mol. The van der Waals surface area contributed by atoms with E-state index in [0.29, 0.717) is 11.6 Å². The number of hydrogen-bond donors (Lipinski definition) is 0. The van der Waals surface area contributed by atoms with Crippen molar-refractivity contribution < 1.29 is 9.53 Å². The average Bonchev–Trinajstić information content (AvgIpc) is 2.42. The molecule has 0 radical (unpaired) electrons. The van der Waals surface area contributed by atoms with E-state index in [1.165, 1.54) is 0 Å². The van der Waals surface area contributed by atoms with E-state index in [0.717, 1.165) is 35.3 Å². The summed E-state index contributed by atoms with van der Waals surface area (Å²) in [7, 11) is 0. The first-order chi connectivity index (χ1) is 9.13. The summed E-state index contributed by atoms with van der Waals surface area (Å²) in [4.78, 5) is 18.2. The number of carbonyl (C=O) groups is 1. The molecule has 6 heteroatoms. The van der Waals surface area contributed by atoms with Gasteiger partial charge in [0.25, 0.3) is 0 Å². The molecule has 0 spiro atoms. The monoisotopic (exact) mass is 394 g/mol. The molecular formula is C13H16ClIN2O2. The van der Waals surface area contributed by atoms with Crippen LogP contribution in [0.4, 0.5) is 5.82 Å². The van der Waals surface area contributed by atoms with Crippen LogP contribution in [0.2, 0.25) is 5.02 Å². The Morgan fingerprint density at radius 2 is 2.26 bits per heavy atom. The number of ether oxygens (including phenoxy) is 1. The van der Waals surface area contributed by atoms with Crippen molar-refractivity contribution in [2.75, 3.05) is 24.6 Å². The van der Waals surface area contributed by atoms with E-state index < -0.39 is 0 Å². The van der Waals surface area contributed by atoms with E-state index in [9.17, 15) is 4.79 Å². The van der Waals surface area contributed by atoms with Gasteiger partial charge in [0, 0.05) is 22.9 Å². The number of aromatic nitrogens is 1. The molecule has 0 amide bonds. The molecule has 0 unspecified atom stereocenters. The molecule has 1 aromatic rings. The van der Waals surface area contributed by atoms with Crippen molar-refractivity contribution in [3.63, 3.8) is 0 Å². The van der Waals surface area contributed by atoms with E-state index in [4.69, 9.17) is 16.3 Å². The minimum Gasteiger partial charge on any atom is -0.466 e. The quantitative estimate of drug-likeness (QED) is 0.583. The van der Waals surface area contributed by atoms with Crippen LogP contribution in [0.1, 0.15) is 19.8 Å². The number of halogens is 2.